The fraction of sp³-hybridized carbons (Fsp3) is 0.611. The Labute approximate surface area is 157 Å². The van der Waals surface area contributed by atoms with E-state index in [1.807, 2.05) is 17.0 Å². The standard InChI is InChI=1S/C18H25N7O2/c26-17-3-1-9-24(17)10-2-8-19-18(27)14-6-11-23(12-7-14)16-5-4-15-21-20-13-25(15)22-16/h4-5,13-14H,1-3,6-12H2,(H,19,27). The number of aromatic nitrogens is 4. The Balaban J connectivity index is 1.20. The van der Waals surface area contributed by atoms with Crippen LogP contribution in [-0.4, -0.2) is 69.2 Å². The number of nitrogens with zero attached hydrogens (tertiary/aromatic N) is 6. The Bertz CT molecular complexity index is 813. The summed E-state index contributed by atoms with van der Waals surface area (Å²) < 4.78 is 1.67. The molecule has 2 fully saturated rings. The van der Waals surface area contributed by atoms with Crippen LogP contribution in [0.25, 0.3) is 5.65 Å². The van der Waals surface area contributed by atoms with E-state index in [1.165, 1.54) is 0 Å². The fourth-order valence-electron chi connectivity index (χ4n) is 3.82. The van der Waals surface area contributed by atoms with E-state index in [1.54, 1.807) is 10.8 Å². The molecule has 2 amide bonds. The highest BCUT2D eigenvalue weighted by Crippen LogP contribution is 2.22. The molecule has 0 unspecified atom stereocenters. The molecule has 0 aromatic carbocycles. The van der Waals surface area contributed by atoms with Crippen LogP contribution in [0, 0.1) is 5.92 Å². The number of amides is 2. The summed E-state index contributed by atoms with van der Waals surface area (Å²) in [6.07, 6.45) is 5.68. The second-order valence-electron chi connectivity index (χ2n) is 7.22. The quantitative estimate of drug-likeness (QED) is 0.742. The van der Waals surface area contributed by atoms with Gasteiger partial charge in [-0.05, 0) is 37.8 Å². The maximum atomic E-state index is 12.4. The number of rotatable bonds is 6. The molecular weight excluding hydrogens is 346 g/mol. The largest absolute Gasteiger partial charge is 0.356 e. The van der Waals surface area contributed by atoms with Crippen molar-refractivity contribution in [2.24, 2.45) is 5.92 Å². The van der Waals surface area contributed by atoms with Gasteiger partial charge in [-0.2, -0.15) is 4.52 Å². The van der Waals surface area contributed by atoms with Gasteiger partial charge in [0.1, 0.15) is 12.1 Å². The summed E-state index contributed by atoms with van der Waals surface area (Å²) in [7, 11) is 0. The molecule has 0 atom stereocenters. The highest BCUT2D eigenvalue weighted by molar-refractivity contribution is 5.79. The molecule has 27 heavy (non-hydrogen) atoms. The predicted octanol–water partition coefficient (Wildman–Crippen LogP) is 0.469. The second kappa shape index (κ2) is 7.89. The van der Waals surface area contributed by atoms with Gasteiger partial charge >= 0.3 is 0 Å². The smallest absolute Gasteiger partial charge is 0.223 e. The normalized spacial score (nSPS) is 18.4. The molecule has 0 aliphatic carbocycles. The SMILES string of the molecule is O=C(NCCCN1CCCC1=O)C1CCN(c2ccc3nncn3n2)CC1. The molecule has 9 heteroatoms. The highest BCUT2D eigenvalue weighted by atomic mass is 16.2. The Morgan fingerprint density at radius 2 is 2.07 bits per heavy atom. The van der Waals surface area contributed by atoms with Crippen LogP contribution in [0.1, 0.15) is 32.1 Å². The van der Waals surface area contributed by atoms with Crippen molar-refractivity contribution in [3.05, 3.63) is 18.5 Å². The summed E-state index contributed by atoms with van der Waals surface area (Å²) in [5, 5.41) is 15.4. The minimum atomic E-state index is 0.0494. The van der Waals surface area contributed by atoms with Crippen molar-refractivity contribution in [1.29, 1.82) is 0 Å². The number of carbonyl (C=O) groups excluding carboxylic acids is 2. The highest BCUT2D eigenvalue weighted by Gasteiger charge is 2.26. The molecular formula is C18H25N7O2. The molecule has 2 aliphatic heterocycles. The van der Waals surface area contributed by atoms with Crippen molar-refractivity contribution in [2.75, 3.05) is 37.6 Å². The summed E-state index contributed by atoms with van der Waals surface area (Å²) in [6.45, 7) is 3.85. The molecule has 4 heterocycles. The van der Waals surface area contributed by atoms with E-state index in [4.69, 9.17) is 0 Å². The van der Waals surface area contributed by atoms with Crippen LogP contribution in [0.3, 0.4) is 0 Å². The lowest BCUT2D eigenvalue weighted by Crippen LogP contribution is -2.41. The molecule has 0 saturated carbocycles. The van der Waals surface area contributed by atoms with E-state index in [0.717, 1.165) is 63.3 Å². The van der Waals surface area contributed by atoms with Crippen LogP contribution in [0.15, 0.2) is 18.5 Å². The monoisotopic (exact) mass is 371 g/mol. The predicted molar refractivity (Wildman–Crippen MR) is 99.2 cm³/mol. The number of piperidine rings is 1. The fourth-order valence-corrected chi connectivity index (χ4v) is 3.82. The van der Waals surface area contributed by atoms with E-state index in [-0.39, 0.29) is 17.7 Å². The first-order valence-corrected chi connectivity index (χ1v) is 9.68. The Morgan fingerprint density at radius 1 is 1.22 bits per heavy atom. The van der Waals surface area contributed by atoms with Crippen LogP contribution in [0.2, 0.25) is 0 Å². The number of hydrogen-bond acceptors (Lipinski definition) is 6. The van der Waals surface area contributed by atoms with E-state index in [0.29, 0.717) is 13.0 Å². The van der Waals surface area contributed by atoms with E-state index < -0.39 is 0 Å². The minimum absolute atomic E-state index is 0.0494. The van der Waals surface area contributed by atoms with Gasteiger partial charge in [0, 0.05) is 45.1 Å². The third kappa shape index (κ3) is 4.01. The molecule has 2 saturated heterocycles. The van der Waals surface area contributed by atoms with Gasteiger partial charge in [0.05, 0.1) is 0 Å². The molecule has 2 aromatic heterocycles. The number of fused-ring (bicyclic) bond motifs is 1. The van der Waals surface area contributed by atoms with Crippen molar-refractivity contribution in [2.45, 2.75) is 32.1 Å². The second-order valence-corrected chi connectivity index (χ2v) is 7.22. The van der Waals surface area contributed by atoms with Crippen molar-refractivity contribution in [1.82, 2.24) is 30.0 Å². The van der Waals surface area contributed by atoms with Crippen molar-refractivity contribution in [3.63, 3.8) is 0 Å². The van der Waals surface area contributed by atoms with Gasteiger partial charge in [0.25, 0.3) is 0 Å². The Morgan fingerprint density at radius 3 is 2.85 bits per heavy atom. The maximum Gasteiger partial charge on any atom is 0.223 e. The lowest BCUT2D eigenvalue weighted by molar-refractivity contribution is -0.127. The summed E-state index contributed by atoms with van der Waals surface area (Å²) >= 11 is 0. The number of carbonyl (C=O) groups is 2. The van der Waals surface area contributed by atoms with E-state index in [9.17, 15) is 9.59 Å². The van der Waals surface area contributed by atoms with Crippen LogP contribution in [-0.2, 0) is 9.59 Å². The third-order valence-electron chi connectivity index (χ3n) is 5.41. The van der Waals surface area contributed by atoms with Crippen LogP contribution < -0.4 is 10.2 Å². The lowest BCUT2D eigenvalue weighted by atomic mass is 9.96. The van der Waals surface area contributed by atoms with Crippen LogP contribution in [0.5, 0.6) is 0 Å². The third-order valence-corrected chi connectivity index (χ3v) is 5.41. The Kier molecular flexibility index (Phi) is 5.17. The zero-order valence-corrected chi connectivity index (χ0v) is 15.4. The minimum Gasteiger partial charge on any atom is -0.356 e. The number of anilines is 1. The van der Waals surface area contributed by atoms with Crippen molar-refractivity contribution < 1.29 is 9.59 Å². The van der Waals surface area contributed by atoms with Gasteiger partial charge in [-0.1, -0.05) is 0 Å². The first-order valence-electron chi connectivity index (χ1n) is 9.68. The average Bonchev–Trinajstić information content (AvgIpc) is 3.33. The van der Waals surface area contributed by atoms with Crippen molar-refractivity contribution >= 4 is 23.3 Å². The van der Waals surface area contributed by atoms with E-state index in [2.05, 4.69) is 25.5 Å². The zero-order valence-electron chi connectivity index (χ0n) is 15.4. The number of nitrogens with one attached hydrogen (secondary N) is 1. The van der Waals surface area contributed by atoms with Gasteiger partial charge in [0.2, 0.25) is 11.8 Å². The Hall–Kier alpha value is -2.71. The molecule has 0 radical (unpaired) electrons. The van der Waals surface area contributed by atoms with Gasteiger partial charge in [-0.15, -0.1) is 15.3 Å². The number of hydrogen-bond donors (Lipinski definition) is 1. The molecule has 9 nitrogen and oxygen atoms in total. The van der Waals surface area contributed by atoms with Gasteiger partial charge < -0.3 is 15.1 Å². The molecule has 2 aliphatic rings. The van der Waals surface area contributed by atoms with Crippen LogP contribution in [0.4, 0.5) is 5.82 Å². The first kappa shape index (κ1) is 17.7. The molecule has 0 bridgehead atoms. The molecule has 2 aromatic rings. The van der Waals surface area contributed by atoms with Crippen molar-refractivity contribution in [3.8, 4) is 0 Å². The average molecular weight is 371 g/mol. The number of likely N-dealkylation sites (tertiary alicyclic amines) is 1. The molecule has 4 rings (SSSR count). The van der Waals surface area contributed by atoms with Crippen LogP contribution >= 0.6 is 0 Å². The molecule has 0 spiro atoms. The molecule has 1 N–H and O–H groups in total. The first-order chi connectivity index (χ1) is 13.2. The summed E-state index contributed by atoms with van der Waals surface area (Å²) in [6, 6.07) is 3.85. The summed E-state index contributed by atoms with van der Waals surface area (Å²) in [5.41, 5.74) is 0.726. The summed E-state index contributed by atoms with van der Waals surface area (Å²) in [4.78, 5) is 28.1. The van der Waals surface area contributed by atoms with Gasteiger partial charge in [-0.25, -0.2) is 0 Å². The van der Waals surface area contributed by atoms with Gasteiger partial charge in [0.15, 0.2) is 5.65 Å². The lowest BCUT2D eigenvalue weighted by Gasteiger charge is -2.32. The van der Waals surface area contributed by atoms with E-state index >= 15 is 0 Å². The maximum absolute atomic E-state index is 12.4. The zero-order chi connectivity index (χ0) is 18.6. The topological polar surface area (TPSA) is 95.7 Å². The van der Waals surface area contributed by atoms with Gasteiger partial charge in [-0.3, -0.25) is 9.59 Å². The molecule has 144 valence electrons. The summed E-state index contributed by atoms with van der Waals surface area (Å²) in [5.74, 6) is 1.31.